The monoisotopic (exact) mass is 275 g/mol. The molecule has 4 heteroatoms. The van der Waals surface area contributed by atoms with Gasteiger partial charge in [0.05, 0.1) is 12.1 Å². The summed E-state index contributed by atoms with van der Waals surface area (Å²) in [7, 11) is 0. The number of carbonyl (C=O) groups is 1. The third-order valence-corrected chi connectivity index (χ3v) is 4.28. The van der Waals surface area contributed by atoms with E-state index in [2.05, 4.69) is 29.5 Å². The maximum absolute atomic E-state index is 12.0. The van der Waals surface area contributed by atoms with Crippen LogP contribution in [0.15, 0.2) is 18.3 Å². The zero-order chi connectivity index (χ0) is 14.6. The van der Waals surface area contributed by atoms with E-state index in [0.29, 0.717) is 19.0 Å². The van der Waals surface area contributed by atoms with Crippen LogP contribution in [0.3, 0.4) is 0 Å². The molecular formula is C16H25N3O. The molecule has 0 radical (unpaired) electrons. The molecular weight excluding hydrogens is 250 g/mol. The summed E-state index contributed by atoms with van der Waals surface area (Å²) in [6.45, 7) is 8.25. The van der Waals surface area contributed by atoms with Crippen molar-refractivity contribution < 1.29 is 4.79 Å². The lowest BCUT2D eigenvalue weighted by Gasteiger charge is -2.39. The molecule has 0 bridgehead atoms. The van der Waals surface area contributed by atoms with Crippen molar-refractivity contribution in [1.29, 1.82) is 0 Å². The summed E-state index contributed by atoms with van der Waals surface area (Å²) in [5.74, 6) is 0.0509. The van der Waals surface area contributed by atoms with Gasteiger partial charge in [0, 0.05) is 18.8 Å². The molecule has 1 atom stereocenters. The van der Waals surface area contributed by atoms with E-state index in [1.807, 2.05) is 19.1 Å². The Morgan fingerprint density at radius 3 is 3.05 bits per heavy atom. The zero-order valence-corrected chi connectivity index (χ0v) is 12.7. The molecule has 1 aromatic rings. The first-order chi connectivity index (χ1) is 9.49. The highest BCUT2D eigenvalue weighted by atomic mass is 16.1. The maximum Gasteiger partial charge on any atom is 0.226 e. The van der Waals surface area contributed by atoms with Gasteiger partial charge in [0.2, 0.25) is 5.91 Å². The van der Waals surface area contributed by atoms with Crippen molar-refractivity contribution in [3.05, 3.63) is 29.6 Å². The van der Waals surface area contributed by atoms with Gasteiger partial charge in [-0.05, 0) is 43.4 Å². The summed E-state index contributed by atoms with van der Waals surface area (Å²) >= 11 is 0. The van der Waals surface area contributed by atoms with Crippen molar-refractivity contribution in [3.63, 3.8) is 0 Å². The number of pyridine rings is 1. The molecule has 1 unspecified atom stereocenters. The number of amides is 1. The number of carbonyl (C=O) groups excluding carboxylic acids is 1. The lowest BCUT2D eigenvalue weighted by atomic mass is 9.77. The van der Waals surface area contributed by atoms with Gasteiger partial charge in [-0.2, -0.15) is 0 Å². The first-order valence-electron chi connectivity index (χ1n) is 7.39. The number of hydrogen-bond donors (Lipinski definition) is 2. The molecule has 0 spiro atoms. The van der Waals surface area contributed by atoms with Crippen LogP contribution in [-0.2, 0) is 11.2 Å². The summed E-state index contributed by atoms with van der Waals surface area (Å²) in [5, 5.41) is 6.55. The highest BCUT2D eigenvalue weighted by molar-refractivity contribution is 5.78. The first kappa shape index (κ1) is 15.0. The number of nitrogens with zero attached hydrogens (tertiary/aromatic N) is 1. The van der Waals surface area contributed by atoms with Crippen LogP contribution < -0.4 is 10.6 Å². The molecule has 2 N–H and O–H groups in total. The summed E-state index contributed by atoms with van der Waals surface area (Å²) in [6.07, 6.45) is 4.52. The lowest BCUT2D eigenvalue weighted by Crippen LogP contribution is -2.53. The van der Waals surface area contributed by atoms with Gasteiger partial charge < -0.3 is 10.6 Å². The van der Waals surface area contributed by atoms with Crippen molar-refractivity contribution in [2.45, 2.75) is 46.1 Å². The number of aromatic nitrogens is 1. The van der Waals surface area contributed by atoms with Crippen LogP contribution in [0, 0.1) is 12.3 Å². The Labute approximate surface area is 121 Å². The van der Waals surface area contributed by atoms with Gasteiger partial charge in [0.1, 0.15) is 0 Å². The minimum atomic E-state index is 0.0509. The summed E-state index contributed by atoms with van der Waals surface area (Å²) in [4.78, 5) is 16.3. The second kappa shape index (κ2) is 6.35. The molecule has 110 valence electrons. The molecule has 0 saturated carbocycles. The number of rotatable bonds is 4. The van der Waals surface area contributed by atoms with Gasteiger partial charge >= 0.3 is 0 Å². The third-order valence-electron chi connectivity index (χ3n) is 4.28. The highest BCUT2D eigenvalue weighted by Crippen LogP contribution is 2.29. The van der Waals surface area contributed by atoms with E-state index in [9.17, 15) is 4.79 Å². The Balaban J connectivity index is 1.85. The summed E-state index contributed by atoms with van der Waals surface area (Å²) in [6, 6.07) is 4.23. The molecule has 0 aliphatic carbocycles. The van der Waals surface area contributed by atoms with E-state index in [-0.39, 0.29) is 11.3 Å². The Morgan fingerprint density at radius 1 is 1.55 bits per heavy atom. The van der Waals surface area contributed by atoms with E-state index in [0.717, 1.165) is 17.8 Å². The van der Waals surface area contributed by atoms with Crippen LogP contribution in [0.25, 0.3) is 0 Å². The lowest BCUT2D eigenvalue weighted by molar-refractivity contribution is -0.120. The van der Waals surface area contributed by atoms with E-state index in [1.165, 1.54) is 12.8 Å². The molecule has 1 fully saturated rings. The van der Waals surface area contributed by atoms with Gasteiger partial charge in [-0.15, -0.1) is 0 Å². The van der Waals surface area contributed by atoms with Crippen molar-refractivity contribution in [3.8, 4) is 0 Å². The zero-order valence-electron chi connectivity index (χ0n) is 12.7. The van der Waals surface area contributed by atoms with Crippen molar-refractivity contribution in [2.24, 2.45) is 5.41 Å². The van der Waals surface area contributed by atoms with Crippen LogP contribution in [0.4, 0.5) is 0 Å². The predicted octanol–water partition coefficient (Wildman–Crippen LogP) is 1.83. The number of aryl methyl sites for hydroxylation is 1. The fourth-order valence-electron chi connectivity index (χ4n) is 2.75. The average Bonchev–Trinajstić information content (AvgIpc) is 2.40. The quantitative estimate of drug-likeness (QED) is 0.881. The molecule has 1 aliphatic heterocycles. The van der Waals surface area contributed by atoms with Crippen molar-refractivity contribution in [2.75, 3.05) is 13.1 Å². The summed E-state index contributed by atoms with van der Waals surface area (Å²) < 4.78 is 0. The highest BCUT2D eigenvalue weighted by Gasteiger charge is 2.31. The second-order valence-electron chi connectivity index (χ2n) is 6.35. The molecule has 1 aliphatic rings. The van der Waals surface area contributed by atoms with Crippen LogP contribution >= 0.6 is 0 Å². The van der Waals surface area contributed by atoms with Gasteiger partial charge in [-0.25, -0.2) is 0 Å². The first-order valence-corrected chi connectivity index (χ1v) is 7.39. The van der Waals surface area contributed by atoms with Crippen LogP contribution in [0.5, 0.6) is 0 Å². The molecule has 2 rings (SSSR count). The standard InChI is InChI=1S/C16H25N3O/c1-12-6-4-8-17-13(12)10-15(20)19-11-14-16(2,3)7-5-9-18-14/h4,6,8,14,18H,5,7,9-11H2,1-3H3,(H,19,20). The van der Waals surface area contributed by atoms with Crippen molar-refractivity contribution >= 4 is 5.91 Å². The van der Waals surface area contributed by atoms with E-state index < -0.39 is 0 Å². The molecule has 4 nitrogen and oxygen atoms in total. The van der Waals surface area contributed by atoms with Crippen LogP contribution in [0.1, 0.15) is 37.9 Å². The Bertz CT molecular complexity index is 471. The predicted molar refractivity (Wildman–Crippen MR) is 80.5 cm³/mol. The fraction of sp³-hybridized carbons (Fsp3) is 0.625. The van der Waals surface area contributed by atoms with Crippen molar-refractivity contribution in [1.82, 2.24) is 15.6 Å². The smallest absolute Gasteiger partial charge is 0.226 e. The Morgan fingerprint density at radius 2 is 2.35 bits per heavy atom. The van der Waals surface area contributed by atoms with Gasteiger partial charge in [-0.3, -0.25) is 9.78 Å². The number of nitrogens with one attached hydrogen (secondary N) is 2. The van der Waals surface area contributed by atoms with Crippen LogP contribution in [0.2, 0.25) is 0 Å². The Hall–Kier alpha value is -1.42. The Kier molecular flexibility index (Phi) is 4.76. The molecule has 20 heavy (non-hydrogen) atoms. The fourth-order valence-corrected chi connectivity index (χ4v) is 2.75. The van der Waals surface area contributed by atoms with Crippen LogP contribution in [-0.4, -0.2) is 30.0 Å². The third kappa shape index (κ3) is 3.79. The summed E-state index contributed by atoms with van der Waals surface area (Å²) in [5.41, 5.74) is 2.17. The van der Waals surface area contributed by atoms with Gasteiger partial charge in [0.25, 0.3) is 0 Å². The molecule has 0 aromatic carbocycles. The van der Waals surface area contributed by atoms with E-state index in [1.54, 1.807) is 6.20 Å². The molecule has 1 saturated heterocycles. The normalized spacial score (nSPS) is 21.4. The topological polar surface area (TPSA) is 54.0 Å². The minimum absolute atomic E-state index is 0.0509. The second-order valence-corrected chi connectivity index (χ2v) is 6.35. The van der Waals surface area contributed by atoms with E-state index in [4.69, 9.17) is 0 Å². The maximum atomic E-state index is 12.0. The molecule has 2 heterocycles. The number of hydrogen-bond acceptors (Lipinski definition) is 3. The SMILES string of the molecule is Cc1cccnc1CC(=O)NCC1NCCCC1(C)C. The largest absolute Gasteiger partial charge is 0.354 e. The molecule has 1 amide bonds. The number of piperidine rings is 1. The van der Waals surface area contributed by atoms with Gasteiger partial charge in [-0.1, -0.05) is 19.9 Å². The van der Waals surface area contributed by atoms with E-state index >= 15 is 0 Å². The van der Waals surface area contributed by atoms with Gasteiger partial charge in [0.15, 0.2) is 0 Å². The average molecular weight is 275 g/mol. The molecule has 1 aromatic heterocycles. The minimum Gasteiger partial charge on any atom is -0.354 e.